The average Bonchev–Trinajstić information content (AvgIpc) is 3.41. The van der Waals surface area contributed by atoms with Gasteiger partial charge in [-0.3, -0.25) is 14.4 Å². The topological polar surface area (TPSA) is 78.9 Å². The molecule has 6 heteroatoms. The van der Waals surface area contributed by atoms with Crippen LogP contribution in [0.4, 0.5) is 0 Å². The molecule has 0 saturated heterocycles. The molecule has 0 saturated carbocycles. The van der Waals surface area contributed by atoms with Crippen LogP contribution >= 0.6 is 0 Å². The zero-order valence-electron chi connectivity index (χ0n) is 49.8. The molecule has 0 aliphatic carbocycles. The standard InChI is InChI=1S/C69H122O6/c1-4-7-10-13-16-19-21-23-25-27-29-31-33-34-36-37-39-41-43-45-47-50-53-56-59-62-68(71)74-65-66(64-73-67(70)61-58-55-52-49-18-15-12-9-6-3)75-69(72)63-60-57-54-51-48-46-44-42-40-38-35-32-30-28-26-24-22-20-17-14-11-8-5-2/h7,10,16,19,23,25,29,31,34,36,39,41,66H,4-6,8-9,11-15,17-18,20-22,24,26-28,30,32-33,35,37-38,40,42-65H2,1-3H3/b10-7-,19-16-,25-23-,31-29-,36-34-,41-39-. The minimum atomic E-state index is -0.779. The van der Waals surface area contributed by atoms with Gasteiger partial charge in [-0.15, -0.1) is 0 Å². The van der Waals surface area contributed by atoms with Gasteiger partial charge < -0.3 is 14.2 Å². The Bertz CT molecular complexity index is 1390. The Hall–Kier alpha value is -3.15. The van der Waals surface area contributed by atoms with E-state index in [0.717, 1.165) is 103 Å². The Kier molecular flexibility index (Phi) is 60.7. The van der Waals surface area contributed by atoms with E-state index in [1.54, 1.807) is 0 Å². The first kappa shape index (κ1) is 71.8. The molecule has 0 N–H and O–H groups in total. The molecule has 0 spiro atoms. The van der Waals surface area contributed by atoms with Crippen molar-refractivity contribution in [3.8, 4) is 0 Å². The maximum Gasteiger partial charge on any atom is 0.306 e. The van der Waals surface area contributed by atoms with Gasteiger partial charge in [-0.05, 0) is 70.6 Å². The molecule has 0 heterocycles. The number of esters is 3. The maximum absolute atomic E-state index is 12.9. The molecule has 6 nitrogen and oxygen atoms in total. The normalized spacial score (nSPS) is 12.5. The van der Waals surface area contributed by atoms with E-state index in [1.165, 1.54) is 186 Å². The lowest BCUT2D eigenvalue weighted by atomic mass is 10.0. The van der Waals surface area contributed by atoms with Gasteiger partial charge in [0.25, 0.3) is 0 Å². The third-order valence-electron chi connectivity index (χ3n) is 14.2. The van der Waals surface area contributed by atoms with Crippen molar-refractivity contribution in [1.29, 1.82) is 0 Å². The van der Waals surface area contributed by atoms with E-state index in [0.29, 0.717) is 19.3 Å². The Morgan fingerprint density at radius 1 is 0.280 bits per heavy atom. The number of allylic oxidation sites excluding steroid dienone is 12. The Morgan fingerprint density at radius 3 is 0.813 bits per heavy atom. The minimum Gasteiger partial charge on any atom is -0.462 e. The highest BCUT2D eigenvalue weighted by atomic mass is 16.6. The summed E-state index contributed by atoms with van der Waals surface area (Å²) < 4.78 is 16.9. The Labute approximate surface area is 465 Å². The zero-order valence-corrected chi connectivity index (χ0v) is 49.8. The molecule has 0 fully saturated rings. The van der Waals surface area contributed by atoms with Gasteiger partial charge in [0.2, 0.25) is 0 Å². The zero-order chi connectivity index (χ0) is 54.3. The highest BCUT2D eigenvalue weighted by Gasteiger charge is 2.19. The van der Waals surface area contributed by atoms with Crippen molar-refractivity contribution >= 4 is 17.9 Å². The van der Waals surface area contributed by atoms with Crippen molar-refractivity contribution in [2.24, 2.45) is 0 Å². The van der Waals surface area contributed by atoms with Crippen LogP contribution in [0, 0.1) is 0 Å². The van der Waals surface area contributed by atoms with Crippen molar-refractivity contribution in [1.82, 2.24) is 0 Å². The summed E-state index contributed by atoms with van der Waals surface area (Å²) in [5.74, 6) is -0.877. The average molecular weight is 1050 g/mol. The lowest BCUT2D eigenvalue weighted by Crippen LogP contribution is -2.30. The lowest BCUT2D eigenvalue weighted by Gasteiger charge is -2.18. The third-order valence-corrected chi connectivity index (χ3v) is 14.2. The highest BCUT2D eigenvalue weighted by molar-refractivity contribution is 5.71. The molecular formula is C69H122O6. The van der Waals surface area contributed by atoms with E-state index >= 15 is 0 Å². The molecule has 0 aromatic heterocycles. The van der Waals surface area contributed by atoms with E-state index in [-0.39, 0.29) is 31.1 Å². The summed E-state index contributed by atoms with van der Waals surface area (Å²) >= 11 is 0. The second-order valence-corrected chi connectivity index (χ2v) is 21.7. The van der Waals surface area contributed by atoms with E-state index in [2.05, 4.69) is 93.7 Å². The molecule has 434 valence electrons. The quantitative estimate of drug-likeness (QED) is 0.0261. The second-order valence-electron chi connectivity index (χ2n) is 21.7. The van der Waals surface area contributed by atoms with E-state index in [9.17, 15) is 14.4 Å². The molecule has 1 atom stereocenters. The van der Waals surface area contributed by atoms with Crippen LogP contribution in [0.25, 0.3) is 0 Å². The summed E-state index contributed by atoms with van der Waals surface area (Å²) in [4.78, 5) is 38.2. The number of unbranched alkanes of at least 4 members (excludes halogenated alkanes) is 36. The molecule has 0 radical (unpaired) electrons. The molecule has 0 rings (SSSR count). The lowest BCUT2D eigenvalue weighted by molar-refractivity contribution is -0.167. The second kappa shape index (κ2) is 63.4. The van der Waals surface area contributed by atoms with Gasteiger partial charge in [-0.2, -0.15) is 0 Å². The largest absolute Gasteiger partial charge is 0.462 e. The molecular weight excluding hydrogens is 925 g/mol. The van der Waals surface area contributed by atoms with Crippen molar-refractivity contribution in [3.63, 3.8) is 0 Å². The third kappa shape index (κ3) is 61.6. The number of carbonyl (C=O) groups excluding carboxylic acids is 3. The van der Waals surface area contributed by atoms with Crippen LogP contribution < -0.4 is 0 Å². The van der Waals surface area contributed by atoms with Crippen LogP contribution in [0.3, 0.4) is 0 Å². The number of rotatable bonds is 59. The first-order chi connectivity index (χ1) is 37.0. The molecule has 1 unspecified atom stereocenters. The molecule has 0 bridgehead atoms. The monoisotopic (exact) mass is 1050 g/mol. The van der Waals surface area contributed by atoms with E-state index in [1.807, 2.05) is 0 Å². The summed E-state index contributed by atoms with van der Waals surface area (Å²) in [5.41, 5.74) is 0. The summed E-state index contributed by atoms with van der Waals surface area (Å²) in [6, 6.07) is 0. The van der Waals surface area contributed by atoms with Gasteiger partial charge in [0, 0.05) is 19.3 Å². The van der Waals surface area contributed by atoms with E-state index in [4.69, 9.17) is 14.2 Å². The first-order valence-electron chi connectivity index (χ1n) is 32.4. The van der Waals surface area contributed by atoms with Crippen LogP contribution in [0.1, 0.15) is 329 Å². The number of hydrogen-bond donors (Lipinski definition) is 0. The van der Waals surface area contributed by atoms with E-state index < -0.39 is 6.10 Å². The van der Waals surface area contributed by atoms with Gasteiger partial charge in [0.1, 0.15) is 13.2 Å². The smallest absolute Gasteiger partial charge is 0.306 e. The van der Waals surface area contributed by atoms with Gasteiger partial charge in [0.15, 0.2) is 6.10 Å². The molecule has 0 aromatic carbocycles. The van der Waals surface area contributed by atoms with Crippen LogP contribution in [0.2, 0.25) is 0 Å². The summed E-state index contributed by atoms with van der Waals surface area (Å²) in [7, 11) is 0. The fourth-order valence-corrected chi connectivity index (χ4v) is 9.39. The Morgan fingerprint density at radius 2 is 0.520 bits per heavy atom. The predicted molar refractivity (Wildman–Crippen MR) is 325 cm³/mol. The van der Waals surface area contributed by atoms with Gasteiger partial charge in [-0.1, -0.05) is 312 Å². The maximum atomic E-state index is 12.9. The minimum absolute atomic E-state index is 0.0761. The fraction of sp³-hybridized carbons (Fsp3) is 0.783. The van der Waals surface area contributed by atoms with Gasteiger partial charge in [-0.25, -0.2) is 0 Å². The molecule has 75 heavy (non-hydrogen) atoms. The Balaban J connectivity index is 4.23. The van der Waals surface area contributed by atoms with Crippen molar-refractivity contribution < 1.29 is 28.6 Å². The number of carbonyl (C=O) groups is 3. The summed E-state index contributed by atoms with van der Waals surface area (Å²) in [5, 5.41) is 0. The van der Waals surface area contributed by atoms with Crippen molar-refractivity contribution in [2.75, 3.05) is 13.2 Å². The van der Waals surface area contributed by atoms with Crippen molar-refractivity contribution in [2.45, 2.75) is 335 Å². The predicted octanol–water partition coefficient (Wildman–Crippen LogP) is 22.1. The van der Waals surface area contributed by atoms with Crippen LogP contribution in [0.5, 0.6) is 0 Å². The van der Waals surface area contributed by atoms with Gasteiger partial charge in [0.05, 0.1) is 0 Å². The molecule has 0 aliphatic heterocycles. The SMILES string of the molecule is CC/C=C\C/C=C\C/C=C\C/C=C\C/C=C\C/C=C\CCCCCCCCC(=O)OCC(COC(=O)CCCCCCCCCCC)OC(=O)CCCCCCCCCCCCCCCCCCCCCCCCC. The van der Waals surface area contributed by atoms with Gasteiger partial charge >= 0.3 is 17.9 Å². The summed E-state index contributed by atoms with van der Waals surface area (Å²) in [6.45, 7) is 6.54. The molecule has 0 aliphatic rings. The molecule has 0 amide bonds. The van der Waals surface area contributed by atoms with Crippen LogP contribution in [-0.2, 0) is 28.6 Å². The van der Waals surface area contributed by atoms with Crippen LogP contribution in [0.15, 0.2) is 72.9 Å². The van der Waals surface area contributed by atoms with Crippen LogP contribution in [-0.4, -0.2) is 37.2 Å². The number of hydrogen-bond acceptors (Lipinski definition) is 6. The first-order valence-corrected chi connectivity index (χ1v) is 32.4. The molecule has 0 aromatic rings. The summed E-state index contributed by atoms with van der Waals surface area (Å²) in [6.07, 6.45) is 82.1. The van der Waals surface area contributed by atoms with Crippen molar-refractivity contribution in [3.05, 3.63) is 72.9 Å². The fourth-order valence-electron chi connectivity index (χ4n) is 9.39. The number of ether oxygens (including phenoxy) is 3. The highest BCUT2D eigenvalue weighted by Crippen LogP contribution is 2.17.